The van der Waals surface area contributed by atoms with E-state index in [1.807, 2.05) is 0 Å². The zero-order valence-corrected chi connectivity index (χ0v) is 11.8. The van der Waals surface area contributed by atoms with E-state index < -0.39 is 5.97 Å². The van der Waals surface area contributed by atoms with Crippen LogP contribution in [0.1, 0.15) is 32.6 Å². The summed E-state index contributed by atoms with van der Waals surface area (Å²) in [6.45, 7) is 2.47. The second-order valence-electron chi connectivity index (χ2n) is 4.08. The first-order chi connectivity index (χ1) is 8.06. The van der Waals surface area contributed by atoms with Crippen LogP contribution in [0.5, 0.6) is 0 Å². The number of carbonyl (C=O) groups excluding carboxylic acids is 2. The summed E-state index contributed by atoms with van der Waals surface area (Å²) >= 11 is 3.28. The molecule has 0 aliphatic carbocycles. The van der Waals surface area contributed by atoms with Crippen molar-refractivity contribution >= 4 is 27.8 Å². The number of carbonyl (C=O) groups is 2. The Bertz CT molecular complexity index is 326. The van der Waals surface area contributed by atoms with Gasteiger partial charge in [0.15, 0.2) is 0 Å². The van der Waals surface area contributed by atoms with Crippen LogP contribution in [0.2, 0.25) is 0 Å². The van der Waals surface area contributed by atoms with E-state index in [1.165, 1.54) is 13.2 Å². The fraction of sp³-hybridized carbons (Fsp3) is 0.667. The van der Waals surface area contributed by atoms with Crippen molar-refractivity contribution in [2.24, 2.45) is 0 Å². The fourth-order valence-corrected chi connectivity index (χ4v) is 2.09. The number of methoxy groups -OCH3 is 1. The van der Waals surface area contributed by atoms with Gasteiger partial charge in [0.1, 0.15) is 0 Å². The molecule has 96 valence electrons. The maximum Gasteiger partial charge on any atom is 0.332 e. The van der Waals surface area contributed by atoms with Crippen LogP contribution in [0.4, 0.5) is 0 Å². The first-order valence-electron chi connectivity index (χ1n) is 5.80. The van der Waals surface area contributed by atoms with Gasteiger partial charge < -0.3 is 9.64 Å². The minimum absolute atomic E-state index is 0.00190. The Balaban J connectivity index is 2.90. The van der Waals surface area contributed by atoms with Gasteiger partial charge in [0.25, 0.3) is 0 Å². The molecular weight excluding hydrogens is 286 g/mol. The van der Waals surface area contributed by atoms with Crippen molar-refractivity contribution in [1.29, 1.82) is 0 Å². The lowest BCUT2D eigenvalue weighted by Gasteiger charge is -2.24. The molecule has 0 aromatic heterocycles. The number of alkyl halides is 1. The molecule has 1 rings (SSSR count). The van der Waals surface area contributed by atoms with Gasteiger partial charge in [-0.05, 0) is 26.2 Å². The quantitative estimate of drug-likeness (QED) is 0.446. The van der Waals surface area contributed by atoms with Crippen LogP contribution in [0.15, 0.2) is 11.8 Å². The van der Waals surface area contributed by atoms with E-state index in [0.717, 1.165) is 31.4 Å². The van der Waals surface area contributed by atoms with Crippen molar-refractivity contribution in [2.75, 3.05) is 13.7 Å². The van der Waals surface area contributed by atoms with Crippen LogP contribution in [0.25, 0.3) is 0 Å². The Kier molecular flexibility index (Phi) is 5.68. The second kappa shape index (κ2) is 6.79. The first-order valence-corrected chi connectivity index (χ1v) is 6.71. The number of allylic oxidation sites excluding steroid dienone is 1. The Morgan fingerprint density at radius 2 is 2.12 bits per heavy atom. The van der Waals surface area contributed by atoms with Gasteiger partial charge in [-0.25, -0.2) is 4.79 Å². The molecule has 1 aliphatic rings. The van der Waals surface area contributed by atoms with E-state index in [4.69, 9.17) is 0 Å². The van der Waals surface area contributed by atoms with Gasteiger partial charge in [0.2, 0.25) is 5.91 Å². The average molecular weight is 304 g/mol. The van der Waals surface area contributed by atoms with Gasteiger partial charge in [-0.15, -0.1) is 0 Å². The summed E-state index contributed by atoms with van der Waals surface area (Å²) in [5, 5.41) is 0. The minimum atomic E-state index is -0.401. The molecule has 4 nitrogen and oxygen atoms in total. The van der Waals surface area contributed by atoms with E-state index in [0.29, 0.717) is 6.54 Å². The summed E-state index contributed by atoms with van der Waals surface area (Å²) in [5.74, 6) is -0.399. The third kappa shape index (κ3) is 4.15. The molecule has 0 bridgehead atoms. The molecule has 1 saturated heterocycles. The summed E-state index contributed by atoms with van der Waals surface area (Å²) in [4.78, 5) is 24.8. The number of amides is 1. The number of esters is 1. The summed E-state index contributed by atoms with van der Waals surface area (Å²) in [6, 6.07) is 0. The Labute approximate surface area is 110 Å². The number of rotatable bonds is 2. The molecule has 0 unspecified atom stereocenters. The van der Waals surface area contributed by atoms with Crippen LogP contribution in [-0.2, 0) is 14.3 Å². The first kappa shape index (κ1) is 14.2. The van der Waals surface area contributed by atoms with Gasteiger partial charge in [-0.3, -0.25) is 4.79 Å². The molecule has 17 heavy (non-hydrogen) atoms. The molecule has 0 spiro atoms. The van der Waals surface area contributed by atoms with Gasteiger partial charge in [0.05, 0.1) is 11.9 Å². The van der Waals surface area contributed by atoms with Crippen molar-refractivity contribution in [3.05, 3.63) is 11.8 Å². The standard InChI is InChI=1S/C12H18BrNO3/c1-9(13)12(16)14-7-5-3-4-6-10(14)8-11(15)17-2/h8-9H,3-7H2,1-2H3/b10-8+/t9-/m1/s1. The van der Waals surface area contributed by atoms with Gasteiger partial charge in [-0.2, -0.15) is 0 Å². The molecule has 1 amide bonds. The summed E-state index contributed by atoms with van der Waals surface area (Å²) in [5.41, 5.74) is 0.769. The predicted molar refractivity (Wildman–Crippen MR) is 68.7 cm³/mol. The zero-order valence-electron chi connectivity index (χ0n) is 10.2. The maximum atomic E-state index is 12.0. The minimum Gasteiger partial charge on any atom is -0.466 e. The molecule has 1 aliphatic heterocycles. The van der Waals surface area contributed by atoms with Gasteiger partial charge in [0, 0.05) is 18.3 Å². The topological polar surface area (TPSA) is 46.6 Å². The molecular formula is C12H18BrNO3. The number of hydrogen-bond donors (Lipinski definition) is 0. The smallest absolute Gasteiger partial charge is 0.332 e. The zero-order chi connectivity index (χ0) is 12.8. The Morgan fingerprint density at radius 3 is 2.71 bits per heavy atom. The van der Waals surface area contributed by atoms with E-state index in [2.05, 4.69) is 20.7 Å². The average Bonchev–Trinajstić information content (AvgIpc) is 2.53. The maximum absolute atomic E-state index is 12.0. The lowest BCUT2D eigenvalue weighted by Crippen LogP contribution is -2.35. The number of ether oxygens (including phenoxy) is 1. The molecule has 0 saturated carbocycles. The van der Waals surface area contributed by atoms with Crippen LogP contribution >= 0.6 is 15.9 Å². The molecule has 0 radical (unpaired) electrons. The van der Waals surface area contributed by atoms with Crippen LogP contribution in [0, 0.1) is 0 Å². The van der Waals surface area contributed by atoms with E-state index in [-0.39, 0.29) is 10.7 Å². The molecule has 0 N–H and O–H groups in total. The lowest BCUT2D eigenvalue weighted by atomic mass is 10.2. The number of hydrogen-bond acceptors (Lipinski definition) is 3. The van der Waals surface area contributed by atoms with Crippen molar-refractivity contribution in [2.45, 2.75) is 37.4 Å². The highest BCUT2D eigenvalue weighted by Gasteiger charge is 2.23. The largest absolute Gasteiger partial charge is 0.466 e. The monoisotopic (exact) mass is 303 g/mol. The number of halogens is 1. The van der Waals surface area contributed by atoms with Gasteiger partial charge in [-0.1, -0.05) is 22.4 Å². The highest BCUT2D eigenvalue weighted by atomic mass is 79.9. The van der Waals surface area contributed by atoms with Crippen molar-refractivity contribution < 1.29 is 14.3 Å². The lowest BCUT2D eigenvalue weighted by molar-refractivity contribution is -0.135. The summed E-state index contributed by atoms with van der Waals surface area (Å²) in [7, 11) is 1.34. The Morgan fingerprint density at radius 1 is 1.41 bits per heavy atom. The van der Waals surface area contributed by atoms with Crippen molar-refractivity contribution in [3.63, 3.8) is 0 Å². The molecule has 1 fully saturated rings. The molecule has 1 atom stereocenters. The van der Waals surface area contributed by atoms with E-state index >= 15 is 0 Å². The molecule has 1 heterocycles. The summed E-state index contributed by atoms with van der Waals surface area (Å²) < 4.78 is 4.62. The van der Waals surface area contributed by atoms with Gasteiger partial charge >= 0.3 is 5.97 Å². The van der Waals surface area contributed by atoms with Crippen LogP contribution in [-0.4, -0.2) is 35.3 Å². The number of nitrogens with zero attached hydrogens (tertiary/aromatic N) is 1. The third-order valence-electron chi connectivity index (χ3n) is 2.75. The molecule has 0 aromatic rings. The van der Waals surface area contributed by atoms with E-state index in [9.17, 15) is 9.59 Å². The fourth-order valence-electron chi connectivity index (χ4n) is 1.84. The second-order valence-corrected chi connectivity index (χ2v) is 5.45. The predicted octanol–water partition coefficient (Wildman–Crippen LogP) is 2.23. The summed E-state index contributed by atoms with van der Waals surface area (Å²) in [6.07, 6.45) is 5.24. The Hall–Kier alpha value is -0.840. The van der Waals surface area contributed by atoms with Crippen LogP contribution in [0.3, 0.4) is 0 Å². The highest BCUT2D eigenvalue weighted by molar-refractivity contribution is 9.10. The normalized spacial score (nSPS) is 20.9. The van der Waals surface area contributed by atoms with E-state index in [1.54, 1.807) is 11.8 Å². The molecule has 0 aromatic carbocycles. The SMILES string of the molecule is COC(=O)/C=C1\CCCCCN1C(=O)[C@@H](C)Br. The molecule has 5 heteroatoms. The van der Waals surface area contributed by atoms with Crippen LogP contribution < -0.4 is 0 Å². The number of likely N-dealkylation sites (tertiary alicyclic amines) is 1. The van der Waals surface area contributed by atoms with Crippen molar-refractivity contribution in [3.8, 4) is 0 Å². The third-order valence-corrected chi connectivity index (χ3v) is 3.14. The van der Waals surface area contributed by atoms with Crippen molar-refractivity contribution in [1.82, 2.24) is 4.90 Å². The highest BCUT2D eigenvalue weighted by Crippen LogP contribution is 2.22.